The van der Waals surface area contributed by atoms with Crippen LogP contribution in [0.25, 0.3) is 0 Å². The van der Waals surface area contributed by atoms with Crippen LogP contribution in [0, 0.1) is 0 Å². The summed E-state index contributed by atoms with van der Waals surface area (Å²) in [5, 5.41) is 0. The summed E-state index contributed by atoms with van der Waals surface area (Å²) < 4.78 is 9.86. The Hall–Kier alpha value is -1.43. The highest BCUT2D eigenvalue weighted by Gasteiger charge is 2.09. The summed E-state index contributed by atoms with van der Waals surface area (Å²) >= 11 is 0. The fraction of sp³-hybridized carbons (Fsp3) is 0.667. The van der Waals surface area contributed by atoms with Gasteiger partial charge in [0.05, 0.1) is 14.2 Å². The first-order chi connectivity index (χ1) is 7.19. The van der Waals surface area contributed by atoms with Crippen LogP contribution in [0.4, 0.5) is 0 Å². The molecule has 84 valence electrons. The second-order valence-electron chi connectivity index (χ2n) is 3.10. The molecule has 0 saturated carbocycles. The van der Waals surface area contributed by atoms with E-state index in [1.165, 1.54) is 14.2 Å². The molecule has 0 amide bonds. The summed E-state index contributed by atoms with van der Waals surface area (Å²) in [6, 6.07) is 0.544. The number of hydrogen-bond acceptors (Lipinski definition) is 6. The first-order valence-electron chi connectivity index (χ1n) is 4.78. The van der Waals surface area contributed by atoms with Gasteiger partial charge in [-0.25, -0.2) is 0 Å². The largest absolute Gasteiger partial charge is 0.467 e. The molecule has 6 nitrogen and oxygen atoms in total. The second kappa shape index (κ2) is 5.45. The van der Waals surface area contributed by atoms with E-state index in [1.807, 2.05) is 6.92 Å². The molecule has 1 atom stereocenters. The van der Waals surface area contributed by atoms with Crippen molar-refractivity contribution in [3.63, 3.8) is 0 Å². The number of methoxy groups -OCH3 is 2. The van der Waals surface area contributed by atoms with Crippen molar-refractivity contribution in [1.29, 1.82) is 0 Å². The smallest absolute Gasteiger partial charge is 0.322 e. The summed E-state index contributed by atoms with van der Waals surface area (Å²) in [5.74, 6) is 0.591. The molecule has 0 fully saturated rings. The average Bonchev–Trinajstić information content (AvgIpc) is 2.28. The molecule has 0 aliphatic rings. The fourth-order valence-electron chi connectivity index (χ4n) is 1.03. The van der Waals surface area contributed by atoms with E-state index in [0.29, 0.717) is 12.2 Å². The zero-order valence-corrected chi connectivity index (χ0v) is 9.23. The molecule has 0 aliphatic heterocycles. The summed E-state index contributed by atoms with van der Waals surface area (Å²) in [6.07, 6.45) is 1.46. The minimum atomic E-state index is 0.0433. The minimum absolute atomic E-state index is 0.0433. The van der Waals surface area contributed by atoms with E-state index in [-0.39, 0.29) is 18.1 Å². The number of nitrogens with zero attached hydrogens (tertiary/aromatic N) is 3. The molecule has 0 bridgehead atoms. The van der Waals surface area contributed by atoms with Gasteiger partial charge in [0.25, 0.3) is 0 Å². The van der Waals surface area contributed by atoms with Crippen molar-refractivity contribution in [2.45, 2.75) is 25.8 Å². The number of hydrogen-bond donors (Lipinski definition) is 1. The molecular weight excluding hydrogens is 196 g/mol. The van der Waals surface area contributed by atoms with Crippen LogP contribution in [0.1, 0.15) is 19.2 Å². The van der Waals surface area contributed by atoms with Gasteiger partial charge >= 0.3 is 12.0 Å². The van der Waals surface area contributed by atoms with Crippen molar-refractivity contribution in [2.75, 3.05) is 14.2 Å². The molecule has 1 aromatic rings. The van der Waals surface area contributed by atoms with Gasteiger partial charge < -0.3 is 15.2 Å². The number of nitrogens with two attached hydrogens (primary N) is 1. The zero-order valence-electron chi connectivity index (χ0n) is 9.23. The van der Waals surface area contributed by atoms with Crippen molar-refractivity contribution in [3.8, 4) is 12.0 Å². The Labute approximate surface area is 88.8 Å². The predicted molar refractivity (Wildman–Crippen MR) is 54.9 cm³/mol. The molecule has 1 rings (SSSR count). The lowest BCUT2D eigenvalue weighted by Crippen LogP contribution is -2.23. The second-order valence-corrected chi connectivity index (χ2v) is 3.10. The lowest BCUT2D eigenvalue weighted by atomic mass is 10.1. The SMILES string of the molecule is CCC(N)Cc1nc(OC)nc(OC)n1. The van der Waals surface area contributed by atoms with Gasteiger partial charge in [-0.05, 0) is 6.42 Å². The summed E-state index contributed by atoms with van der Waals surface area (Å²) in [5.41, 5.74) is 5.81. The monoisotopic (exact) mass is 212 g/mol. The highest BCUT2D eigenvalue weighted by Crippen LogP contribution is 2.10. The van der Waals surface area contributed by atoms with Crippen LogP contribution in [0.5, 0.6) is 12.0 Å². The van der Waals surface area contributed by atoms with Gasteiger partial charge in [-0.15, -0.1) is 4.98 Å². The molecule has 1 unspecified atom stereocenters. The van der Waals surface area contributed by atoms with E-state index in [1.54, 1.807) is 0 Å². The van der Waals surface area contributed by atoms with Gasteiger partial charge in [0.15, 0.2) is 0 Å². The maximum Gasteiger partial charge on any atom is 0.322 e. The Bertz CT molecular complexity index is 297. The van der Waals surface area contributed by atoms with E-state index < -0.39 is 0 Å². The van der Waals surface area contributed by atoms with Gasteiger partial charge in [-0.2, -0.15) is 9.97 Å². The molecule has 0 radical (unpaired) electrons. The minimum Gasteiger partial charge on any atom is -0.467 e. The van der Waals surface area contributed by atoms with Crippen LogP contribution < -0.4 is 15.2 Å². The molecule has 2 N–H and O–H groups in total. The van der Waals surface area contributed by atoms with E-state index in [0.717, 1.165) is 6.42 Å². The van der Waals surface area contributed by atoms with Crippen LogP contribution in [-0.4, -0.2) is 35.2 Å². The lowest BCUT2D eigenvalue weighted by Gasteiger charge is -2.08. The van der Waals surface area contributed by atoms with Crippen LogP contribution >= 0.6 is 0 Å². The molecule has 0 aromatic carbocycles. The first-order valence-corrected chi connectivity index (χ1v) is 4.78. The molecule has 15 heavy (non-hydrogen) atoms. The van der Waals surface area contributed by atoms with Gasteiger partial charge in [0.2, 0.25) is 0 Å². The number of ether oxygens (including phenoxy) is 2. The Morgan fingerprint density at radius 3 is 2.07 bits per heavy atom. The molecule has 1 aromatic heterocycles. The summed E-state index contributed by atoms with van der Waals surface area (Å²) in [6.45, 7) is 2.01. The van der Waals surface area contributed by atoms with Crippen LogP contribution in [0.15, 0.2) is 0 Å². The van der Waals surface area contributed by atoms with Crippen molar-refractivity contribution < 1.29 is 9.47 Å². The Balaban J connectivity index is 2.86. The molecule has 0 spiro atoms. The van der Waals surface area contributed by atoms with Gasteiger partial charge in [-0.1, -0.05) is 6.92 Å². The van der Waals surface area contributed by atoms with Crippen molar-refractivity contribution >= 4 is 0 Å². The number of rotatable bonds is 5. The van der Waals surface area contributed by atoms with Gasteiger partial charge in [0, 0.05) is 12.5 Å². The lowest BCUT2D eigenvalue weighted by molar-refractivity contribution is 0.335. The molecular formula is C9H16N4O2. The molecule has 0 aliphatic carbocycles. The van der Waals surface area contributed by atoms with Crippen molar-refractivity contribution in [1.82, 2.24) is 15.0 Å². The average molecular weight is 212 g/mol. The molecule has 0 saturated heterocycles. The Kier molecular flexibility index (Phi) is 4.23. The van der Waals surface area contributed by atoms with E-state index in [2.05, 4.69) is 15.0 Å². The highest BCUT2D eigenvalue weighted by atomic mass is 16.5. The Morgan fingerprint density at radius 1 is 1.13 bits per heavy atom. The summed E-state index contributed by atoms with van der Waals surface area (Å²) in [7, 11) is 3.00. The predicted octanol–water partition coefficient (Wildman–Crippen LogP) is 0.169. The third kappa shape index (κ3) is 3.32. The zero-order chi connectivity index (χ0) is 11.3. The maximum atomic E-state index is 5.81. The van der Waals surface area contributed by atoms with Crippen molar-refractivity contribution in [2.24, 2.45) is 5.73 Å². The standard InChI is InChI=1S/C9H16N4O2/c1-4-6(10)5-7-11-8(14-2)13-9(12-7)15-3/h6H,4-5,10H2,1-3H3. The first kappa shape index (κ1) is 11.6. The molecule has 6 heteroatoms. The number of aromatic nitrogens is 3. The fourth-order valence-corrected chi connectivity index (χ4v) is 1.03. The quantitative estimate of drug-likeness (QED) is 0.749. The summed E-state index contributed by atoms with van der Waals surface area (Å²) in [4.78, 5) is 12.1. The maximum absolute atomic E-state index is 5.81. The van der Waals surface area contributed by atoms with E-state index in [9.17, 15) is 0 Å². The van der Waals surface area contributed by atoms with Crippen LogP contribution in [-0.2, 0) is 6.42 Å². The molecule has 1 heterocycles. The Morgan fingerprint density at radius 2 is 1.67 bits per heavy atom. The third-order valence-corrected chi connectivity index (χ3v) is 1.97. The van der Waals surface area contributed by atoms with E-state index in [4.69, 9.17) is 15.2 Å². The van der Waals surface area contributed by atoms with Crippen LogP contribution in [0.2, 0.25) is 0 Å². The van der Waals surface area contributed by atoms with Crippen LogP contribution in [0.3, 0.4) is 0 Å². The highest BCUT2D eigenvalue weighted by molar-refractivity contribution is 5.06. The van der Waals surface area contributed by atoms with Gasteiger partial charge in [0.1, 0.15) is 5.82 Å². The normalized spacial score (nSPS) is 12.3. The van der Waals surface area contributed by atoms with Gasteiger partial charge in [-0.3, -0.25) is 0 Å². The topological polar surface area (TPSA) is 83.2 Å². The van der Waals surface area contributed by atoms with E-state index >= 15 is 0 Å². The third-order valence-electron chi connectivity index (χ3n) is 1.97. The van der Waals surface area contributed by atoms with Crippen molar-refractivity contribution in [3.05, 3.63) is 5.82 Å².